The van der Waals surface area contributed by atoms with E-state index in [2.05, 4.69) is 5.32 Å². The fraction of sp³-hybridized carbons (Fsp3) is 0.562. The van der Waals surface area contributed by atoms with Crippen LogP contribution in [0.25, 0.3) is 0 Å². The Labute approximate surface area is 124 Å². The molecule has 1 saturated heterocycles. The summed E-state index contributed by atoms with van der Waals surface area (Å²) in [4.78, 5) is 14.3. The SMILES string of the molecule is CCC(C)N1C(=O)C(C(C)C)NC1c1ccc(F)cc1F. The van der Waals surface area contributed by atoms with Crippen molar-refractivity contribution in [1.82, 2.24) is 10.2 Å². The van der Waals surface area contributed by atoms with Crippen LogP contribution in [0.5, 0.6) is 0 Å². The van der Waals surface area contributed by atoms with E-state index in [1.807, 2.05) is 27.7 Å². The molecule has 1 N–H and O–H groups in total. The van der Waals surface area contributed by atoms with Crippen LogP contribution in [-0.4, -0.2) is 22.9 Å². The fourth-order valence-corrected chi connectivity index (χ4v) is 2.72. The van der Waals surface area contributed by atoms with Crippen molar-refractivity contribution >= 4 is 5.91 Å². The van der Waals surface area contributed by atoms with E-state index in [9.17, 15) is 13.6 Å². The monoisotopic (exact) mass is 296 g/mol. The van der Waals surface area contributed by atoms with Crippen LogP contribution < -0.4 is 5.32 Å². The molecule has 1 fully saturated rings. The first-order valence-corrected chi connectivity index (χ1v) is 7.40. The molecule has 0 bridgehead atoms. The van der Waals surface area contributed by atoms with Crippen LogP contribution in [0, 0.1) is 17.6 Å². The first-order valence-electron chi connectivity index (χ1n) is 7.40. The average molecular weight is 296 g/mol. The number of carbonyl (C=O) groups is 1. The zero-order chi connectivity index (χ0) is 15.7. The summed E-state index contributed by atoms with van der Waals surface area (Å²) in [5.41, 5.74) is 0.313. The lowest BCUT2D eigenvalue weighted by Crippen LogP contribution is -2.39. The van der Waals surface area contributed by atoms with Gasteiger partial charge in [0.2, 0.25) is 5.91 Å². The minimum atomic E-state index is -0.627. The van der Waals surface area contributed by atoms with Gasteiger partial charge in [-0.05, 0) is 31.4 Å². The molecule has 1 aliphatic rings. The molecule has 1 aromatic rings. The van der Waals surface area contributed by atoms with Gasteiger partial charge in [-0.1, -0.05) is 20.8 Å². The molecule has 1 heterocycles. The molecule has 5 heteroatoms. The summed E-state index contributed by atoms with van der Waals surface area (Å²) < 4.78 is 27.2. The van der Waals surface area contributed by atoms with Gasteiger partial charge < -0.3 is 4.90 Å². The van der Waals surface area contributed by atoms with E-state index in [0.717, 1.165) is 12.5 Å². The van der Waals surface area contributed by atoms with E-state index < -0.39 is 17.8 Å². The third-order valence-corrected chi connectivity index (χ3v) is 4.13. The van der Waals surface area contributed by atoms with Crippen molar-refractivity contribution in [2.45, 2.75) is 52.4 Å². The van der Waals surface area contributed by atoms with Crippen LogP contribution in [0.15, 0.2) is 18.2 Å². The first-order chi connectivity index (χ1) is 9.86. The minimum absolute atomic E-state index is 0.0109. The number of halogens is 2. The van der Waals surface area contributed by atoms with Crippen molar-refractivity contribution in [3.05, 3.63) is 35.4 Å². The number of hydrogen-bond donors (Lipinski definition) is 1. The topological polar surface area (TPSA) is 32.3 Å². The van der Waals surface area contributed by atoms with Gasteiger partial charge in [0.15, 0.2) is 0 Å². The summed E-state index contributed by atoms with van der Waals surface area (Å²) >= 11 is 0. The van der Waals surface area contributed by atoms with E-state index in [1.54, 1.807) is 4.90 Å². The Balaban J connectivity index is 2.41. The van der Waals surface area contributed by atoms with Gasteiger partial charge in [0, 0.05) is 17.7 Å². The number of amides is 1. The van der Waals surface area contributed by atoms with Crippen LogP contribution in [0.4, 0.5) is 8.78 Å². The van der Waals surface area contributed by atoms with Crippen LogP contribution in [-0.2, 0) is 4.79 Å². The predicted octanol–water partition coefficient (Wildman–Crippen LogP) is 3.22. The molecule has 0 spiro atoms. The van der Waals surface area contributed by atoms with Gasteiger partial charge >= 0.3 is 0 Å². The molecular weight excluding hydrogens is 274 g/mol. The summed E-state index contributed by atoms with van der Waals surface area (Å²) in [6, 6.07) is 3.14. The molecule has 0 aromatic heterocycles. The third kappa shape index (κ3) is 2.93. The average Bonchev–Trinajstić information content (AvgIpc) is 2.75. The molecular formula is C16H22F2N2O. The van der Waals surface area contributed by atoms with E-state index in [4.69, 9.17) is 0 Å². The summed E-state index contributed by atoms with van der Waals surface area (Å²) in [7, 11) is 0. The standard InChI is InChI=1S/C16H22F2N2O/c1-5-10(4)20-15(19-14(9(2)3)16(20)21)12-7-6-11(17)8-13(12)18/h6-10,14-15,19H,5H2,1-4H3. The Morgan fingerprint density at radius 3 is 2.48 bits per heavy atom. The molecule has 0 aliphatic carbocycles. The van der Waals surface area contributed by atoms with Gasteiger partial charge in [0.05, 0.1) is 6.04 Å². The number of benzene rings is 1. The van der Waals surface area contributed by atoms with Crippen molar-refractivity contribution in [2.75, 3.05) is 0 Å². The highest BCUT2D eigenvalue weighted by molar-refractivity contribution is 5.85. The van der Waals surface area contributed by atoms with Crippen molar-refractivity contribution in [2.24, 2.45) is 5.92 Å². The predicted molar refractivity (Wildman–Crippen MR) is 77.5 cm³/mol. The molecule has 21 heavy (non-hydrogen) atoms. The van der Waals surface area contributed by atoms with Crippen molar-refractivity contribution in [1.29, 1.82) is 0 Å². The van der Waals surface area contributed by atoms with E-state index in [-0.39, 0.29) is 23.9 Å². The van der Waals surface area contributed by atoms with Crippen molar-refractivity contribution in [3.63, 3.8) is 0 Å². The highest BCUT2D eigenvalue weighted by Crippen LogP contribution is 2.32. The second-order valence-electron chi connectivity index (χ2n) is 5.96. The molecule has 1 aromatic carbocycles. The van der Waals surface area contributed by atoms with E-state index >= 15 is 0 Å². The number of hydrogen-bond acceptors (Lipinski definition) is 2. The van der Waals surface area contributed by atoms with Gasteiger partial charge in [-0.25, -0.2) is 8.78 Å². The van der Waals surface area contributed by atoms with Crippen LogP contribution in [0.2, 0.25) is 0 Å². The second-order valence-corrected chi connectivity index (χ2v) is 5.96. The molecule has 3 nitrogen and oxygen atoms in total. The quantitative estimate of drug-likeness (QED) is 0.925. The highest BCUT2D eigenvalue weighted by Gasteiger charge is 2.43. The van der Waals surface area contributed by atoms with Gasteiger partial charge in [-0.2, -0.15) is 0 Å². The molecule has 3 unspecified atom stereocenters. The molecule has 0 saturated carbocycles. The maximum atomic E-state index is 14.1. The Bertz CT molecular complexity index is 533. The number of rotatable bonds is 4. The summed E-state index contributed by atoms with van der Waals surface area (Å²) in [6.07, 6.45) is 0.234. The molecule has 0 radical (unpaired) electrons. The van der Waals surface area contributed by atoms with Crippen LogP contribution in [0.1, 0.15) is 45.8 Å². The smallest absolute Gasteiger partial charge is 0.241 e. The minimum Gasteiger partial charge on any atom is -0.319 e. The molecule has 3 atom stereocenters. The number of nitrogens with one attached hydrogen (secondary N) is 1. The maximum absolute atomic E-state index is 14.1. The van der Waals surface area contributed by atoms with Gasteiger partial charge in [-0.15, -0.1) is 0 Å². The molecule has 1 amide bonds. The first kappa shape index (κ1) is 15.9. The Morgan fingerprint density at radius 1 is 1.29 bits per heavy atom. The Kier molecular flexibility index (Phi) is 4.61. The lowest BCUT2D eigenvalue weighted by molar-refractivity contribution is -0.132. The largest absolute Gasteiger partial charge is 0.319 e. The maximum Gasteiger partial charge on any atom is 0.241 e. The third-order valence-electron chi connectivity index (χ3n) is 4.13. The molecule has 2 rings (SSSR count). The lowest BCUT2D eigenvalue weighted by Gasteiger charge is -2.30. The summed E-state index contributed by atoms with van der Waals surface area (Å²) in [6.45, 7) is 7.83. The number of carbonyl (C=O) groups excluding carboxylic acids is 1. The molecule has 116 valence electrons. The number of nitrogens with zero attached hydrogens (tertiary/aromatic N) is 1. The normalized spacial score (nSPS) is 24.0. The van der Waals surface area contributed by atoms with Gasteiger partial charge in [-0.3, -0.25) is 10.1 Å². The van der Waals surface area contributed by atoms with Crippen molar-refractivity contribution in [3.8, 4) is 0 Å². The van der Waals surface area contributed by atoms with E-state index in [0.29, 0.717) is 5.56 Å². The summed E-state index contributed by atoms with van der Waals surface area (Å²) in [5.74, 6) is -1.15. The second kappa shape index (κ2) is 6.10. The summed E-state index contributed by atoms with van der Waals surface area (Å²) in [5, 5.41) is 3.20. The zero-order valence-electron chi connectivity index (χ0n) is 12.9. The van der Waals surface area contributed by atoms with E-state index in [1.165, 1.54) is 12.1 Å². The Morgan fingerprint density at radius 2 is 1.95 bits per heavy atom. The highest BCUT2D eigenvalue weighted by atomic mass is 19.1. The lowest BCUT2D eigenvalue weighted by atomic mass is 10.0. The zero-order valence-corrected chi connectivity index (χ0v) is 12.9. The van der Waals surface area contributed by atoms with Crippen molar-refractivity contribution < 1.29 is 13.6 Å². The molecule has 1 aliphatic heterocycles. The van der Waals surface area contributed by atoms with Crippen LogP contribution in [0.3, 0.4) is 0 Å². The van der Waals surface area contributed by atoms with Gasteiger partial charge in [0.1, 0.15) is 17.8 Å². The fourth-order valence-electron chi connectivity index (χ4n) is 2.72. The van der Waals surface area contributed by atoms with Crippen LogP contribution >= 0.6 is 0 Å². The van der Waals surface area contributed by atoms with Gasteiger partial charge in [0.25, 0.3) is 0 Å². The Hall–Kier alpha value is -1.49.